The summed E-state index contributed by atoms with van der Waals surface area (Å²) in [5.74, 6) is -0.998. The number of carbonyl (C=O) groups excluding carboxylic acids is 3. The molecule has 9 atom stereocenters. The molecule has 7 heteroatoms. The summed E-state index contributed by atoms with van der Waals surface area (Å²) >= 11 is 3.90. The van der Waals surface area contributed by atoms with Gasteiger partial charge in [-0.15, -0.1) is 0 Å². The van der Waals surface area contributed by atoms with Crippen molar-refractivity contribution in [2.45, 2.75) is 82.8 Å². The fraction of sp³-hybridized carbons (Fsp3) is 0.800. The Morgan fingerprint density at radius 3 is 2.62 bits per heavy atom. The molecule has 2 N–H and O–H groups in total. The Hall–Kier alpha value is -1.05. The predicted molar refractivity (Wildman–Crippen MR) is 122 cm³/mol. The zero-order valence-electron chi connectivity index (χ0n) is 19.4. The van der Waals surface area contributed by atoms with Crippen molar-refractivity contribution in [1.82, 2.24) is 0 Å². The van der Waals surface area contributed by atoms with Gasteiger partial charge in [-0.25, -0.2) is 0 Å². The number of halogens is 1. The van der Waals surface area contributed by atoms with Gasteiger partial charge in [0.15, 0.2) is 11.4 Å². The fourth-order valence-corrected chi connectivity index (χ4v) is 9.20. The average molecular weight is 511 g/mol. The quantitative estimate of drug-likeness (QED) is 0.444. The van der Waals surface area contributed by atoms with Gasteiger partial charge in [-0.2, -0.15) is 0 Å². The van der Waals surface area contributed by atoms with E-state index in [1.54, 1.807) is 13.0 Å². The van der Waals surface area contributed by atoms with Crippen LogP contribution in [-0.2, 0) is 19.1 Å². The number of hydrogen-bond acceptors (Lipinski definition) is 6. The maximum atomic E-state index is 13.3. The minimum atomic E-state index is -1.45. The molecule has 4 rings (SSSR count). The molecule has 0 unspecified atom stereocenters. The highest BCUT2D eigenvalue weighted by Crippen LogP contribution is 2.70. The maximum absolute atomic E-state index is 13.3. The third-order valence-electron chi connectivity index (χ3n) is 9.54. The lowest BCUT2D eigenvalue weighted by atomic mass is 9.45. The van der Waals surface area contributed by atoms with Crippen LogP contribution in [0.15, 0.2) is 11.6 Å². The number of carbonyl (C=O) groups is 3. The molecule has 3 fully saturated rings. The zero-order valence-corrected chi connectivity index (χ0v) is 21.0. The molecular formula is C25H35BrO6. The second-order valence-electron chi connectivity index (χ2n) is 11.0. The Morgan fingerprint density at radius 1 is 1.31 bits per heavy atom. The van der Waals surface area contributed by atoms with Crippen molar-refractivity contribution in [3.05, 3.63) is 11.6 Å². The van der Waals surface area contributed by atoms with Crippen LogP contribution in [0, 0.1) is 34.5 Å². The van der Waals surface area contributed by atoms with Gasteiger partial charge in [-0.3, -0.25) is 14.4 Å². The highest BCUT2D eigenvalue weighted by molar-refractivity contribution is 9.09. The zero-order chi connectivity index (χ0) is 23.6. The number of hydrogen-bond donors (Lipinski definition) is 2. The van der Waals surface area contributed by atoms with Gasteiger partial charge in [0, 0.05) is 29.0 Å². The van der Waals surface area contributed by atoms with Crippen molar-refractivity contribution in [2.75, 3.05) is 6.61 Å². The summed E-state index contributed by atoms with van der Waals surface area (Å²) in [5, 5.41) is 21.5. The van der Waals surface area contributed by atoms with E-state index in [2.05, 4.69) is 22.9 Å². The number of esters is 1. The lowest BCUT2D eigenvalue weighted by Crippen LogP contribution is -2.65. The van der Waals surface area contributed by atoms with Crippen LogP contribution >= 0.6 is 15.9 Å². The molecule has 0 aromatic rings. The van der Waals surface area contributed by atoms with Crippen LogP contribution in [0.4, 0.5) is 0 Å². The first-order valence-corrected chi connectivity index (χ1v) is 12.8. The minimum Gasteiger partial charge on any atom is -0.450 e. The van der Waals surface area contributed by atoms with E-state index in [0.717, 1.165) is 18.4 Å². The van der Waals surface area contributed by atoms with Crippen LogP contribution in [0.5, 0.6) is 0 Å². The molecule has 0 heterocycles. The van der Waals surface area contributed by atoms with Crippen molar-refractivity contribution in [3.8, 4) is 0 Å². The average Bonchev–Trinajstić information content (AvgIpc) is 2.95. The summed E-state index contributed by atoms with van der Waals surface area (Å²) in [4.78, 5) is 37.9. The molecule has 0 saturated heterocycles. The molecule has 0 radical (unpaired) electrons. The topological polar surface area (TPSA) is 101 Å². The number of allylic oxidation sites excluding steroid dienone is 1. The van der Waals surface area contributed by atoms with E-state index in [4.69, 9.17) is 4.74 Å². The first-order valence-electron chi connectivity index (χ1n) is 11.9. The molecule has 178 valence electrons. The van der Waals surface area contributed by atoms with E-state index >= 15 is 0 Å². The van der Waals surface area contributed by atoms with E-state index in [-0.39, 0.29) is 46.1 Å². The first-order chi connectivity index (χ1) is 15.0. The molecule has 0 bridgehead atoms. The highest BCUT2D eigenvalue weighted by Gasteiger charge is 2.73. The molecule has 6 nitrogen and oxygen atoms in total. The number of aliphatic hydroxyl groups is 2. The van der Waals surface area contributed by atoms with Gasteiger partial charge in [0.05, 0.1) is 6.10 Å². The van der Waals surface area contributed by atoms with Gasteiger partial charge in [-0.1, -0.05) is 49.2 Å². The van der Waals surface area contributed by atoms with Crippen molar-refractivity contribution < 1.29 is 29.3 Å². The number of rotatable bonds is 4. The fourth-order valence-electron chi connectivity index (χ4n) is 8.16. The molecule has 4 aliphatic carbocycles. The number of ketones is 2. The maximum Gasteiger partial charge on any atom is 0.306 e. The number of fused-ring (bicyclic) bond motifs is 5. The normalized spacial score (nSPS) is 47.7. The third-order valence-corrected chi connectivity index (χ3v) is 10.5. The Bertz CT molecular complexity index is 868. The van der Waals surface area contributed by atoms with Crippen LogP contribution in [0.1, 0.15) is 66.2 Å². The van der Waals surface area contributed by atoms with Gasteiger partial charge in [-0.05, 0) is 54.9 Å². The lowest BCUT2D eigenvalue weighted by molar-refractivity contribution is -0.206. The first kappa shape index (κ1) is 24.1. The number of Topliss-reactive ketones (excluding diaryl/α,β-unsaturated/α-hetero) is 1. The van der Waals surface area contributed by atoms with E-state index in [1.165, 1.54) is 0 Å². The smallest absolute Gasteiger partial charge is 0.306 e. The largest absolute Gasteiger partial charge is 0.450 e. The lowest BCUT2D eigenvalue weighted by Gasteiger charge is -2.62. The van der Waals surface area contributed by atoms with Crippen LogP contribution in [-0.4, -0.2) is 50.9 Å². The number of alkyl halides is 1. The van der Waals surface area contributed by atoms with Crippen molar-refractivity contribution in [1.29, 1.82) is 0 Å². The second kappa shape index (κ2) is 8.02. The van der Waals surface area contributed by atoms with E-state index < -0.39 is 35.5 Å². The molecular weight excluding hydrogens is 476 g/mol. The Balaban J connectivity index is 1.83. The van der Waals surface area contributed by atoms with E-state index in [1.807, 2.05) is 13.8 Å². The molecule has 4 aliphatic rings. The van der Waals surface area contributed by atoms with Crippen LogP contribution in [0.3, 0.4) is 0 Å². The SMILES string of the molecule is CCC(=O)O[C@@]1(C(=O)CO)[C@H](C)C[C@H]2[C@H]3[C@H]([C@@H](O)C[C@@]21C)[C@@]1(C)CCC(=O)C=C1C[C@H]3Br. The summed E-state index contributed by atoms with van der Waals surface area (Å²) < 4.78 is 5.96. The predicted octanol–water partition coefficient (Wildman–Crippen LogP) is 3.36. The standard InChI is InChI=1S/C25H35BrO6/c1-5-20(31)32-25(19(30)12-27)13(2)8-16-21-17(26)10-14-9-15(28)6-7-23(14,3)22(21)18(29)11-24(16,25)4/h9,13,16-18,21-22,27,29H,5-8,10-12H2,1-4H3/t13-,16+,17-,18+,21-,22+,23+,24+,25-/m1/s1. The molecule has 0 spiro atoms. The molecule has 0 amide bonds. The summed E-state index contributed by atoms with van der Waals surface area (Å²) in [5.41, 5.74) is -1.39. The van der Waals surface area contributed by atoms with Gasteiger partial charge < -0.3 is 14.9 Å². The summed E-state index contributed by atoms with van der Waals surface area (Å²) in [6.45, 7) is 7.07. The van der Waals surface area contributed by atoms with Crippen molar-refractivity contribution in [2.24, 2.45) is 34.5 Å². The second-order valence-corrected chi connectivity index (χ2v) is 12.1. The summed E-state index contributed by atoms with van der Waals surface area (Å²) in [6, 6.07) is 0. The van der Waals surface area contributed by atoms with Crippen LogP contribution in [0.25, 0.3) is 0 Å². The monoisotopic (exact) mass is 510 g/mol. The van der Waals surface area contributed by atoms with E-state index in [0.29, 0.717) is 19.3 Å². The van der Waals surface area contributed by atoms with Gasteiger partial charge in [0.2, 0.25) is 5.78 Å². The van der Waals surface area contributed by atoms with Gasteiger partial charge in [0.1, 0.15) is 6.61 Å². The molecule has 0 aromatic heterocycles. The van der Waals surface area contributed by atoms with E-state index in [9.17, 15) is 24.6 Å². The summed E-state index contributed by atoms with van der Waals surface area (Å²) in [6.07, 6.45) is 4.17. The molecule has 0 aromatic carbocycles. The minimum absolute atomic E-state index is 0.0337. The van der Waals surface area contributed by atoms with Crippen LogP contribution < -0.4 is 0 Å². The van der Waals surface area contributed by atoms with Crippen molar-refractivity contribution >= 4 is 33.5 Å². The third kappa shape index (κ3) is 3.06. The number of aliphatic hydroxyl groups excluding tert-OH is 2. The molecule has 0 aliphatic heterocycles. The van der Waals surface area contributed by atoms with Gasteiger partial charge >= 0.3 is 5.97 Å². The molecule has 3 saturated carbocycles. The number of ether oxygens (including phenoxy) is 1. The molecule has 32 heavy (non-hydrogen) atoms. The van der Waals surface area contributed by atoms with Gasteiger partial charge in [0.25, 0.3) is 0 Å². The van der Waals surface area contributed by atoms with Crippen molar-refractivity contribution in [3.63, 3.8) is 0 Å². The Labute approximate surface area is 198 Å². The summed E-state index contributed by atoms with van der Waals surface area (Å²) in [7, 11) is 0. The van der Waals surface area contributed by atoms with Crippen LogP contribution in [0.2, 0.25) is 0 Å². The Morgan fingerprint density at radius 2 is 2.00 bits per heavy atom. The highest BCUT2D eigenvalue weighted by atomic mass is 79.9. The Kier molecular flexibility index (Phi) is 6.04.